The van der Waals surface area contributed by atoms with Gasteiger partial charge in [0.1, 0.15) is 18.3 Å². The smallest absolute Gasteiger partial charge is 0.186 e. The van der Waals surface area contributed by atoms with Gasteiger partial charge in [-0.25, -0.2) is 0 Å². The summed E-state index contributed by atoms with van der Waals surface area (Å²) in [6.07, 6.45) is 4.89. The van der Waals surface area contributed by atoms with Crippen molar-refractivity contribution in [1.29, 1.82) is 0 Å². The van der Waals surface area contributed by atoms with E-state index in [2.05, 4.69) is 6.92 Å². The third-order valence-corrected chi connectivity index (χ3v) is 4.09. The summed E-state index contributed by atoms with van der Waals surface area (Å²) >= 11 is 0. The van der Waals surface area contributed by atoms with E-state index in [1.807, 2.05) is 0 Å². The molecule has 0 saturated carbocycles. The van der Waals surface area contributed by atoms with Gasteiger partial charge in [-0.15, -0.1) is 0 Å². The summed E-state index contributed by atoms with van der Waals surface area (Å²) in [6.45, 7) is 4.38. The second kappa shape index (κ2) is 10.5. The highest BCUT2D eigenvalue weighted by Gasteiger charge is 2.42. The minimum absolute atomic E-state index is 0.506. The maximum Gasteiger partial charge on any atom is 0.186 e. The first-order valence-corrected chi connectivity index (χ1v) is 8.39. The molecule has 5 atom stereocenters. The minimum atomic E-state index is -1.21. The number of hydrogen-bond acceptors (Lipinski definition) is 5. The van der Waals surface area contributed by atoms with Crippen LogP contribution in [0.1, 0.15) is 65.2 Å². The molecule has 5 heteroatoms. The molecule has 1 heterocycles. The molecule has 21 heavy (non-hydrogen) atoms. The second-order valence-corrected chi connectivity index (χ2v) is 6.03. The first-order valence-electron chi connectivity index (χ1n) is 8.39. The van der Waals surface area contributed by atoms with E-state index in [0.717, 1.165) is 12.8 Å². The zero-order chi connectivity index (χ0) is 15.7. The van der Waals surface area contributed by atoms with E-state index in [-0.39, 0.29) is 0 Å². The lowest BCUT2D eigenvalue weighted by Crippen LogP contribution is -2.57. The summed E-state index contributed by atoms with van der Waals surface area (Å²) in [6, 6.07) is 0. The summed E-state index contributed by atoms with van der Waals surface area (Å²) < 4.78 is 10.9. The summed E-state index contributed by atoms with van der Waals surface area (Å²) in [4.78, 5) is 0. The quantitative estimate of drug-likeness (QED) is 0.538. The highest BCUT2D eigenvalue weighted by molar-refractivity contribution is 4.87. The van der Waals surface area contributed by atoms with Crippen molar-refractivity contribution in [3.05, 3.63) is 0 Å². The van der Waals surface area contributed by atoms with Crippen LogP contribution in [0.15, 0.2) is 0 Å². The van der Waals surface area contributed by atoms with Crippen LogP contribution in [0.3, 0.4) is 0 Å². The van der Waals surface area contributed by atoms with E-state index >= 15 is 0 Å². The Bertz CT molecular complexity index is 261. The fourth-order valence-electron chi connectivity index (χ4n) is 2.59. The maximum absolute atomic E-state index is 9.79. The van der Waals surface area contributed by atoms with Crippen molar-refractivity contribution < 1.29 is 24.8 Å². The van der Waals surface area contributed by atoms with Gasteiger partial charge in [-0.05, 0) is 13.3 Å². The van der Waals surface area contributed by atoms with Crippen LogP contribution in [0.5, 0.6) is 0 Å². The highest BCUT2D eigenvalue weighted by Crippen LogP contribution is 2.22. The Labute approximate surface area is 128 Å². The predicted octanol–water partition coefficient (Wildman–Crippen LogP) is 1.97. The van der Waals surface area contributed by atoms with Crippen molar-refractivity contribution in [2.24, 2.45) is 0 Å². The van der Waals surface area contributed by atoms with Crippen molar-refractivity contribution >= 4 is 0 Å². The van der Waals surface area contributed by atoms with Crippen LogP contribution in [0.2, 0.25) is 0 Å². The lowest BCUT2D eigenvalue weighted by molar-refractivity contribution is -0.293. The molecule has 0 unspecified atom stereocenters. The molecule has 5 nitrogen and oxygen atoms in total. The van der Waals surface area contributed by atoms with Crippen molar-refractivity contribution in [3.63, 3.8) is 0 Å². The molecule has 1 saturated heterocycles. The summed E-state index contributed by atoms with van der Waals surface area (Å²) in [7, 11) is 0. The molecule has 1 aliphatic heterocycles. The third-order valence-electron chi connectivity index (χ3n) is 4.09. The lowest BCUT2D eigenvalue weighted by atomic mass is 10.00. The molecule has 1 rings (SSSR count). The van der Waals surface area contributed by atoms with Crippen LogP contribution in [0.25, 0.3) is 0 Å². The van der Waals surface area contributed by atoms with Crippen LogP contribution in [-0.2, 0) is 9.47 Å². The predicted molar refractivity (Wildman–Crippen MR) is 80.9 cm³/mol. The van der Waals surface area contributed by atoms with E-state index in [9.17, 15) is 15.3 Å². The topological polar surface area (TPSA) is 79.2 Å². The Morgan fingerprint density at radius 3 is 2.00 bits per heavy atom. The van der Waals surface area contributed by atoms with Crippen molar-refractivity contribution in [2.75, 3.05) is 6.61 Å². The highest BCUT2D eigenvalue weighted by atomic mass is 16.7. The van der Waals surface area contributed by atoms with Gasteiger partial charge in [-0.1, -0.05) is 51.9 Å². The standard InChI is InChI=1S/C16H32O5/c1-3-4-5-6-7-8-9-10-11-20-16-15(19)14(18)13(17)12(2)21-16/h12-19H,3-11H2,1-2H3/t12-,13+,14+,15-,16+/m1/s1. The van der Waals surface area contributed by atoms with Gasteiger partial charge in [-0.2, -0.15) is 0 Å². The largest absolute Gasteiger partial charge is 0.388 e. The number of aliphatic hydroxyl groups is 3. The number of hydrogen-bond donors (Lipinski definition) is 3. The third kappa shape index (κ3) is 6.61. The van der Waals surface area contributed by atoms with E-state index in [1.165, 1.54) is 38.5 Å². The van der Waals surface area contributed by atoms with E-state index in [4.69, 9.17) is 9.47 Å². The molecule has 0 aromatic carbocycles. The molecule has 0 aromatic heterocycles. The Hall–Kier alpha value is -0.200. The molecular formula is C16H32O5. The van der Waals surface area contributed by atoms with E-state index < -0.39 is 30.7 Å². The number of rotatable bonds is 10. The number of aliphatic hydroxyl groups excluding tert-OH is 3. The fourth-order valence-corrected chi connectivity index (χ4v) is 2.59. The Morgan fingerprint density at radius 2 is 1.38 bits per heavy atom. The molecule has 126 valence electrons. The lowest BCUT2D eigenvalue weighted by Gasteiger charge is -2.38. The molecule has 1 aliphatic rings. The first kappa shape index (κ1) is 18.8. The molecule has 0 spiro atoms. The zero-order valence-electron chi connectivity index (χ0n) is 13.4. The molecule has 0 radical (unpaired) electrons. The first-order chi connectivity index (χ1) is 10.1. The van der Waals surface area contributed by atoms with Crippen LogP contribution < -0.4 is 0 Å². The summed E-state index contributed by atoms with van der Waals surface area (Å²) in [5.74, 6) is 0. The monoisotopic (exact) mass is 304 g/mol. The summed E-state index contributed by atoms with van der Waals surface area (Å²) in [5.41, 5.74) is 0. The second-order valence-electron chi connectivity index (χ2n) is 6.03. The Balaban J connectivity index is 2.04. The van der Waals surface area contributed by atoms with E-state index in [0.29, 0.717) is 6.61 Å². The van der Waals surface area contributed by atoms with Gasteiger partial charge >= 0.3 is 0 Å². The fraction of sp³-hybridized carbons (Fsp3) is 1.00. The molecule has 0 aliphatic carbocycles. The number of unbranched alkanes of at least 4 members (excludes halogenated alkanes) is 7. The molecule has 0 bridgehead atoms. The zero-order valence-corrected chi connectivity index (χ0v) is 13.4. The van der Waals surface area contributed by atoms with Crippen LogP contribution in [0, 0.1) is 0 Å². The molecule has 1 fully saturated rings. The molecule has 0 aromatic rings. The van der Waals surface area contributed by atoms with Crippen molar-refractivity contribution in [2.45, 2.75) is 95.9 Å². The molecule has 3 N–H and O–H groups in total. The van der Waals surface area contributed by atoms with Crippen LogP contribution in [0.4, 0.5) is 0 Å². The minimum Gasteiger partial charge on any atom is -0.388 e. The van der Waals surface area contributed by atoms with Gasteiger partial charge in [0, 0.05) is 6.61 Å². The van der Waals surface area contributed by atoms with Crippen molar-refractivity contribution in [3.8, 4) is 0 Å². The van der Waals surface area contributed by atoms with Crippen LogP contribution in [-0.4, -0.2) is 52.6 Å². The average Bonchev–Trinajstić information content (AvgIpc) is 2.48. The molecular weight excluding hydrogens is 272 g/mol. The SMILES string of the molecule is CCCCCCCCCCO[C@H]1O[C@H](C)[C@H](O)[C@H](O)[C@H]1O. The van der Waals surface area contributed by atoms with E-state index in [1.54, 1.807) is 6.92 Å². The molecule has 0 amide bonds. The van der Waals surface area contributed by atoms with Gasteiger partial charge in [0.15, 0.2) is 6.29 Å². The normalized spacial score (nSPS) is 33.3. The van der Waals surface area contributed by atoms with Gasteiger partial charge in [0.25, 0.3) is 0 Å². The van der Waals surface area contributed by atoms with Gasteiger partial charge < -0.3 is 24.8 Å². The van der Waals surface area contributed by atoms with Crippen molar-refractivity contribution in [1.82, 2.24) is 0 Å². The van der Waals surface area contributed by atoms with Crippen LogP contribution >= 0.6 is 0 Å². The maximum atomic E-state index is 9.79. The van der Waals surface area contributed by atoms with Gasteiger partial charge in [-0.3, -0.25) is 0 Å². The summed E-state index contributed by atoms with van der Waals surface area (Å²) in [5, 5.41) is 29.0. The van der Waals surface area contributed by atoms with Gasteiger partial charge in [0.05, 0.1) is 6.10 Å². The Morgan fingerprint density at radius 1 is 0.810 bits per heavy atom. The average molecular weight is 304 g/mol. The van der Waals surface area contributed by atoms with Gasteiger partial charge in [0.2, 0.25) is 0 Å². The Kier molecular flexibility index (Phi) is 9.44. The number of ether oxygens (including phenoxy) is 2.